The minimum atomic E-state index is -1.00. The van der Waals surface area contributed by atoms with Gasteiger partial charge in [-0.1, -0.05) is 0 Å². The summed E-state index contributed by atoms with van der Waals surface area (Å²) in [6.45, 7) is 3.22. The van der Waals surface area contributed by atoms with E-state index >= 15 is 0 Å². The van der Waals surface area contributed by atoms with Crippen molar-refractivity contribution in [1.29, 1.82) is 0 Å². The third-order valence-electron chi connectivity index (χ3n) is 2.91. The van der Waals surface area contributed by atoms with Crippen LogP contribution < -0.4 is 5.32 Å². The van der Waals surface area contributed by atoms with Gasteiger partial charge in [0.1, 0.15) is 6.04 Å². The zero-order chi connectivity index (χ0) is 12.8. The van der Waals surface area contributed by atoms with Crippen LogP contribution in [0, 0.1) is 0 Å². The van der Waals surface area contributed by atoms with Crippen LogP contribution in [-0.2, 0) is 14.3 Å². The number of nitrogens with one attached hydrogen (secondary N) is 1. The Bertz CT molecular complexity index is 283. The largest absolute Gasteiger partial charge is 0.480 e. The van der Waals surface area contributed by atoms with Crippen LogP contribution in [0.2, 0.25) is 0 Å². The van der Waals surface area contributed by atoms with Gasteiger partial charge in [-0.15, -0.1) is 0 Å². The Morgan fingerprint density at radius 3 is 2.82 bits per heavy atom. The lowest BCUT2D eigenvalue weighted by Crippen LogP contribution is -2.51. The van der Waals surface area contributed by atoms with Crippen LogP contribution in [-0.4, -0.2) is 60.8 Å². The normalized spacial score (nSPS) is 23.1. The van der Waals surface area contributed by atoms with Gasteiger partial charge in [0.15, 0.2) is 0 Å². The number of carbonyl (C=O) groups excluding carboxylic acids is 1. The van der Waals surface area contributed by atoms with Gasteiger partial charge in [0.25, 0.3) is 0 Å². The number of carboxylic acid groups (broad SMARTS) is 1. The first kappa shape index (κ1) is 13.9. The molecule has 1 heterocycles. The molecule has 6 heteroatoms. The van der Waals surface area contributed by atoms with E-state index in [1.54, 1.807) is 7.11 Å². The molecule has 1 aliphatic heterocycles. The highest BCUT2D eigenvalue weighted by Gasteiger charge is 2.25. The summed E-state index contributed by atoms with van der Waals surface area (Å²) in [6.07, 6.45) is 2.16. The molecule has 2 unspecified atom stereocenters. The van der Waals surface area contributed by atoms with E-state index in [1.807, 2.05) is 4.90 Å². The summed E-state index contributed by atoms with van der Waals surface area (Å²) in [6, 6.07) is -0.844. The molecule has 17 heavy (non-hydrogen) atoms. The van der Waals surface area contributed by atoms with Crippen LogP contribution in [0.5, 0.6) is 0 Å². The number of amides is 1. The first-order valence-electron chi connectivity index (χ1n) is 5.78. The maximum Gasteiger partial charge on any atom is 0.327 e. The van der Waals surface area contributed by atoms with Crippen molar-refractivity contribution in [3.05, 3.63) is 0 Å². The fraction of sp³-hybridized carbons (Fsp3) is 0.818. The summed E-state index contributed by atoms with van der Waals surface area (Å²) in [7, 11) is 1.66. The zero-order valence-corrected chi connectivity index (χ0v) is 10.3. The molecule has 1 amide bonds. The Morgan fingerprint density at radius 1 is 1.59 bits per heavy atom. The molecule has 0 radical (unpaired) electrons. The second-order valence-electron chi connectivity index (χ2n) is 4.35. The number of hydrogen-bond donors (Lipinski definition) is 2. The molecule has 0 bridgehead atoms. The molecule has 2 N–H and O–H groups in total. The molecule has 0 spiro atoms. The van der Waals surface area contributed by atoms with Crippen molar-refractivity contribution in [3.63, 3.8) is 0 Å². The minimum absolute atomic E-state index is 0.163. The van der Waals surface area contributed by atoms with Gasteiger partial charge in [0, 0.05) is 27.1 Å². The van der Waals surface area contributed by atoms with Crippen LogP contribution in [0.3, 0.4) is 0 Å². The third kappa shape index (κ3) is 4.70. The van der Waals surface area contributed by atoms with Crippen LogP contribution in [0.1, 0.15) is 19.8 Å². The monoisotopic (exact) mass is 244 g/mol. The molecular formula is C11H20N2O4. The maximum atomic E-state index is 11.0. The molecule has 6 nitrogen and oxygen atoms in total. The van der Waals surface area contributed by atoms with Crippen molar-refractivity contribution >= 4 is 11.9 Å². The number of rotatable bonds is 5. The van der Waals surface area contributed by atoms with E-state index in [9.17, 15) is 9.59 Å². The first-order chi connectivity index (χ1) is 8.02. The number of piperidine rings is 1. The Hall–Kier alpha value is -1.14. The predicted molar refractivity (Wildman–Crippen MR) is 61.7 cm³/mol. The molecule has 0 aliphatic carbocycles. The van der Waals surface area contributed by atoms with Gasteiger partial charge < -0.3 is 15.2 Å². The number of carboxylic acids is 1. The molecule has 0 aromatic rings. The number of aliphatic carboxylic acids is 1. The van der Waals surface area contributed by atoms with E-state index in [2.05, 4.69) is 5.32 Å². The second kappa shape index (κ2) is 6.56. The molecule has 0 saturated carbocycles. The van der Waals surface area contributed by atoms with E-state index in [4.69, 9.17) is 9.84 Å². The fourth-order valence-corrected chi connectivity index (χ4v) is 2.06. The highest BCUT2D eigenvalue weighted by atomic mass is 16.5. The van der Waals surface area contributed by atoms with Gasteiger partial charge in [0.05, 0.1) is 6.10 Å². The Morgan fingerprint density at radius 2 is 2.29 bits per heavy atom. The van der Waals surface area contributed by atoms with E-state index in [-0.39, 0.29) is 12.0 Å². The second-order valence-corrected chi connectivity index (χ2v) is 4.35. The Labute approximate surface area is 101 Å². The summed E-state index contributed by atoms with van der Waals surface area (Å²) >= 11 is 0. The number of nitrogens with zero attached hydrogens (tertiary/aromatic N) is 1. The topological polar surface area (TPSA) is 78.9 Å². The van der Waals surface area contributed by atoms with Crippen molar-refractivity contribution in [2.75, 3.05) is 26.7 Å². The summed E-state index contributed by atoms with van der Waals surface area (Å²) in [4.78, 5) is 23.9. The summed E-state index contributed by atoms with van der Waals surface area (Å²) < 4.78 is 5.27. The number of ether oxygens (including phenoxy) is 1. The van der Waals surface area contributed by atoms with E-state index in [1.165, 1.54) is 6.92 Å². The minimum Gasteiger partial charge on any atom is -0.480 e. The van der Waals surface area contributed by atoms with Gasteiger partial charge in [-0.25, -0.2) is 4.79 Å². The molecule has 0 aromatic heterocycles. The predicted octanol–water partition coefficient (Wildman–Crippen LogP) is -0.313. The van der Waals surface area contributed by atoms with Crippen LogP contribution >= 0.6 is 0 Å². The van der Waals surface area contributed by atoms with Crippen LogP contribution in [0.25, 0.3) is 0 Å². The summed E-state index contributed by atoms with van der Waals surface area (Å²) in [5, 5.41) is 11.4. The van der Waals surface area contributed by atoms with E-state index in [0.717, 1.165) is 25.9 Å². The number of hydrogen-bond acceptors (Lipinski definition) is 4. The van der Waals surface area contributed by atoms with Gasteiger partial charge in [-0.2, -0.15) is 0 Å². The standard InChI is InChI=1S/C11H20N2O4/c1-8(14)12-10(11(15)16)7-13-5-3-4-9(6-13)17-2/h9-10H,3-7H2,1-2H3,(H,12,14)(H,15,16). The lowest BCUT2D eigenvalue weighted by Gasteiger charge is -2.33. The third-order valence-corrected chi connectivity index (χ3v) is 2.91. The summed E-state index contributed by atoms with van der Waals surface area (Å²) in [5.41, 5.74) is 0. The zero-order valence-electron chi connectivity index (χ0n) is 10.3. The average molecular weight is 244 g/mol. The molecule has 1 aliphatic rings. The lowest BCUT2D eigenvalue weighted by atomic mass is 10.1. The Balaban J connectivity index is 2.48. The molecule has 98 valence electrons. The smallest absolute Gasteiger partial charge is 0.327 e. The first-order valence-corrected chi connectivity index (χ1v) is 5.78. The van der Waals surface area contributed by atoms with Crippen molar-refractivity contribution in [1.82, 2.24) is 10.2 Å². The van der Waals surface area contributed by atoms with E-state index in [0.29, 0.717) is 6.54 Å². The molecule has 0 aromatic carbocycles. The molecular weight excluding hydrogens is 224 g/mol. The van der Waals surface area contributed by atoms with Gasteiger partial charge >= 0.3 is 5.97 Å². The number of methoxy groups -OCH3 is 1. The van der Waals surface area contributed by atoms with E-state index < -0.39 is 12.0 Å². The lowest BCUT2D eigenvalue weighted by molar-refractivity contribution is -0.142. The summed E-state index contributed by atoms with van der Waals surface area (Å²) in [5.74, 6) is -1.32. The number of carbonyl (C=O) groups is 2. The highest BCUT2D eigenvalue weighted by molar-refractivity contribution is 5.82. The van der Waals surface area contributed by atoms with Gasteiger partial charge in [0.2, 0.25) is 5.91 Å². The number of likely N-dealkylation sites (tertiary alicyclic amines) is 1. The average Bonchev–Trinajstić information content (AvgIpc) is 2.27. The molecule has 1 fully saturated rings. The highest BCUT2D eigenvalue weighted by Crippen LogP contribution is 2.12. The SMILES string of the molecule is COC1CCCN(CC(NC(C)=O)C(=O)O)C1. The van der Waals surface area contributed by atoms with Crippen molar-refractivity contribution in [2.24, 2.45) is 0 Å². The van der Waals surface area contributed by atoms with Crippen LogP contribution in [0.4, 0.5) is 0 Å². The van der Waals surface area contributed by atoms with Crippen molar-refractivity contribution in [3.8, 4) is 0 Å². The van der Waals surface area contributed by atoms with Gasteiger partial charge in [-0.3, -0.25) is 9.69 Å². The fourth-order valence-electron chi connectivity index (χ4n) is 2.06. The van der Waals surface area contributed by atoms with Crippen molar-refractivity contribution in [2.45, 2.75) is 31.9 Å². The van der Waals surface area contributed by atoms with Gasteiger partial charge in [-0.05, 0) is 19.4 Å². The van der Waals surface area contributed by atoms with Crippen molar-refractivity contribution < 1.29 is 19.4 Å². The van der Waals surface area contributed by atoms with Crippen LogP contribution in [0.15, 0.2) is 0 Å². The molecule has 1 rings (SSSR count). The maximum absolute atomic E-state index is 11.0. The molecule has 2 atom stereocenters. The molecule has 1 saturated heterocycles. The Kier molecular flexibility index (Phi) is 5.37. The quantitative estimate of drug-likeness (QED) is 0.693.